The first kappa shape index (κ1) is 27.6. The molecule has 3 aromatic carbocycles. The summed E-state index contributed by atoms with van der Waals surface area (Å²) in [6.45, 7) is 2.10. The number of halogens is 2. The van der Waals surface area contributed by atoms with Gasteiger partial charge in [-0.1, -0.05) is 48.0 Å². The summed E-state index contributed by atoms with van der Waals surface area (Å²) in [4.78, 5) is 12.3. The number of carbonyl (C=O) groups is 1. The molecule has 0 aromatic heterocycles. The van der Waals surface area contributed by atoms with Crippen LogP contribution in [0.15, 0.2) is 60.7 Å². The van der Waals surface area contributed by atoms with Crippen LogP contribution in [0.5, 0.6) is 5.75 Å². The van der Waals surface area contributed by atoms with Gasteiger partial charge in [0.15, 0.2) is 0 Å². The van der Waals surface area contributed by atoms with E-state index in [-0.39, 0.29) is 47.9 Å². The third kappa shape index (κ3) is 8.03. The lowest BCUT2D eigenvalue weighted by Gasteiger charge is -2.18. The second kappa shape index (κ2) is 13.4. The van der Waals surface area contributed by atoms with Crippen LogP contribution in [-0.4, -0.2) is 33.8 Å². The lowest BCUT2D eigenvalue weighted by atomic mass is 10.0. The van der Waals surface area contributed by atoms with Crippen molar-refractivity contribution in [1.82, 2.24) is 10.6 Å². The van der Waals surface area contributed by atoms with Gasteiger partial charge in [-0.05, 0) is 60.7 Å². The van der Waals surface area contributed by atoms with E-state index >= 15 is 0 Å². The van der Waals surface area contributed by atoms with E-state index in [0.717, 1.165) is 17.5 Å². The van der Waals surface area contributed by atoms with Crippen LogP contribution in [0.1, 0.15) is 47.3 Å². The third-order valence-corrected chi connectivity index (χ3v) is 6.37. The maximum atomic E-state index is 13.9. The molecular formula is C28H32ClFN2O4. The summed E-state index contributed by atoms with van der Waals surface area (Å²) >= 11 is 6.01. The molecule has 8 heteroatoms. The number of hydrogen-bond acceptors (Lipinski definition) is 5. The summed E-state index contributed by atoms with van der Waals surface area (Å²) in [5.41, 5.74) is 3.41. The van der Waals surface area contributed by atoms with Crippen molar-refractivity contribution < 1.29 is 24.5 Å². The number of aliphatic hydroxyl groups is 2. The minimum absolute atomic E-state index is 0.00151. The highest BCUT2D eigenvalue weighted by Gasteiger charge is 2.13. The lowest BCUT2D eigenvalue weighted by molar-refractivity contribution is -0.121. The van der Waals surface area contributed by atoms with Crippen molar-refractivity contribution in [3.05, 3.63) is 99.3 Å². The summed E-state index contributed by atoms with van der Waals surface area (Å²) in [7, 11) is 0. The number of carbonyl (C=O) groups excluding carboxylic acids is 1. The molecule has 2 atom stereocenters. The van der Waals surface area contributed by atoms with Gasteiger partial charge in [-0.3, -0.25) is 4.79 Å². The first-order valence-corrected chi connectivity index (χ1v) is 12.3. The van der Waals surface area contributed by atoms with Crippen LogP contribution in [0.25, 0.3) is 0 Å². The molecule has 3 aromatic rings. The largest absolute Gasteiger partial charge is 0.508 e. The van der Waals surface area contributed by atoms with Crippen molar-refractivity contribution in [2.75, 3.05) is 6.54 Å². The summed E-state index contributed by atoms with van der Waals surface area (Å²) < 4.78 is 13.9. The number of aryl methyl sites for hydroxylation is 1. The van der Waals surface area contributed by atoms with Crippen LogP contribution in [0.2, 0.25) is 5.02 Å². The van der Waals surface area contributed by atoms with Gasteiger partial charge in [-0.2, -0.15) is 0 Å². The van der Waals surface area contributed by atoms with Gasteiger partial charge in [-0.25, -0.2) is 4.39 Å². The first-order valence-electron chi connectivity index (χ1n) is 11.9. The van der Waals surface area contributed by atoms with Crippen LogP contribution in [0, 0.1) is 5.82 Å². The van der Waals surface area contributed by atoms with E-state index in [2.05, 4.69) is 16.7 Å². The van der Waals surface area contributed by atoms with Crippen LogP contribution >= 0.6 is 11.6 Å². The molecule has 0 aliphatic rings. The second-order valence-corrected chi connectivity index (χ2v) is 9.28. The SMILES string of the molecule is C[C@H](Cc1cccc(CCC(=O)NCc2c(F)cccc2Cl)c1)NC[C@H](O)c1ccc(O)c(CO)c1. The van der Waals surface area contributed by atoms with E-state index in [4.69, 9.17) is 11.6 Å². The van der Waals surface area contributed by atoms with E-state index in [1.54, 1.807) is 18.2 Å². The Kier molecular flexibility index (Phi) is 10.3. The van der Waals surface area contributed by atoms with Crippen LogP contribution < -0.4 is 10.6 Å². The van der Waals surface area contributed by atoms with Gasteiger partial charge in [0.2, 0.25) is 5.91 Å². The van der Waals surface area contributed by atoms with Crippen molar-refractivity contribution in [1.29, 1.82) is 0 Å². The van der Waals surface area contributed by atoms with Crippen molar-refractivity contribution >= 4 is 17.5 Å². The molecule has 0 aliphatic heterocycles. The highest BCUT2D eigenvalue weighted by molar-refractivity contribution is 6.31. The monoisotopic (exact) mass is 514 g/mol. The molecule has 6 nitrogen and oxygen atoms in total. The molecular weight excluding hydrogens is 483 g/mol. The second-order valence-electron chi connectivity index (χ2n) is 8.87. The van der Waals surface area contributed by atoms with E-state index in [9.17, 15) is 24.5 Å². The van der Waals surface area contributed by atoms with Crippen molar-refractivity contribution in [3.63, 3.8) is 0 Å². The molecule has 36 heavy (non-hydrogen) atoms. The minimum Gasteiger partial charge on any atom is -0.508 e. The first-order chi connectivity index (χ1) is 17.3. The average Bonchev–Trinajstić information content (AvgIpc) is 2.86. The van der Waals surface area contributed by atoms with Crippen LogP contribution in [-0.2, 0) is 30.8 Å². The quantitative estimate of drug-likeness (QED) is 0.249. The lowest BCUT2D eigenvalue weighted by Crippen LogP contribution is -2.32. The summed E-state index contributed by atoms with van der Waals surface area (Å²) in [5.74, 6) is -0.618. The predicted molar refractivity (Wildman–Crippen MR) is 138 cm³/mol. The zero-order valence-electron chi connectivity index (χ0n) is 20.2. The fourth-order valence-electron chi connectivity index (χ4n) is 3.94. The van der Waals surface area contributed by atoms with Gasteiger partial charge in [0.25, 0.3) is 0 Å². The molecule has 5 N–H and O–H groups in total. The van der Waals surface area contributed by atoms with Gasteiger partial charge in [-0.15, -0.1) is 0 Å². The average molecular weight is 515 g/mol. The Balaban J connectivity index is 1.45. The highest BCUT2D eigenvalue weighted by Crippen LogP contribution is 2.22. The Morgan fingerprint density at radius 2 is 1.83 bits per heavy atom. The minimum atomic E-state index is -0.776. The van der Waals surface area contributed by atoms with Gasteiger partial charge >= 0.3 is 0 Å². The van der Waals surface area contributed by atoms with Crippen molar-refractivity contribution in [2.24, 2.45) is 0 Å². The van der Waals surface area contributed by atoms with E-state index in [0.29, 0.717) is 24.1 Å². The molecule has 3 rings (SSSR count). The molecule has 0 unspecified atom stereocenters. The number of benzene rings is 3. The zero-order chi connectivity index (χ0) is 26.1. The number of nitrogens with one attached hydrogen (secondary N) is 2. The van der Waals surface area contributed by atoms with Crippen molar-refractivity contribution in [2.45, 2.75) is 51.5 Å². The predicted octanol–water partition coefficient (Wildman–Crippen LogP) is 4.18. The smallest absolute Gasteiger partial charge is 0.220 e. The Hall–Kier alpha value is -2.97. The van der Waals surface area contributed by atoms with E-state index in [1.165, 1.54) is 18.2 Å². The zero-order valence-corrected chi connectivity index (χ0v) is 20.9. The number of amides is 1. The van der Waals surface area contributed by atoms with Gasteiger partial charge in [0, 0.05) is 41.7 Å². The molecule has 0 saturated carbocycles. The number of aromatic hydroxyl groups is 1. The Bertz CT molecular complexity index is 1150. The van der Waals surface area contributed by atoms with Crippen molar-refractivity contribution in [3.8, 4) is 5.75 Å². The number of aliphatic hydroxyl groups excluding tert-OH is 2. The number of phenols is 1. The molecule has 0 fully saturated rings. The maximum Gasteiger partial charge on any atom is 0.220 e. The van der Waals surface area contributed by atoms with Crippen LogP contribution in [0.3, 0.4) is 0 Å². The van der Waals surface area contributed by atoms with Gasteiger partial charge in [0.05, 0.1) is 12.7 Å². The molecule has 0 radical (unpaired) electrons. The van der Waals surface area contributed by atoms with E-state index in [1.807, 2.05) is 25.1 Å². The Morgan fingerprint density at radius 1 is 1.08 bits per heavy atom. The standard InChI is InChI=1S/C28H32ClFN2O4/c1-18(31-16-27(35)21-9-10-26(34)22(14-21)17-33)12-20-5-2-4-19(13-20)8-11-28(36)32-15-23-24(29)6-3-7-25(23)30/h2-7,9-10,13-14,18,27,31,33-35H,8,11-12,15-17H2,1H3,(H,32,36)/t18-,27+/m1/s1. The summed E-state index contributed by atoms with van der Waals surface area (Å²) in [6, 6.07) is 17.2. The Labute approximate surface area is 215 Å². The molecule has 0 bridgehead atoms. The van der Waals surface area contributed by atoms with Gasteiger partial charge in [0.1, 0.15) is 11.6 Å². The molecule has 0 saturated heterocycles. The fourth-order valence-corrected chi connectivity index (χ4v) is 4.17. The number of rotatable bonds is 12. The normalized spacial score (nSPS) is 12.8. The molecule has 192 valence electrons. The Morgan fingerprint density at radius 3 is 2.58 bits per heavy atom. The fraction of sp³-hybridized carbons (Fsp3) is 0.321. The summed E-state index contributed by atoms with van der Waals surface area (Å²) in [6.07, 6.45) is 0.787. The van der Waals surface area contributed by atoms with E-state index < -0.39 is 11.9 Å². The topological polar surface area (TPSA) is 102 Å². The third-order valence-electron chi connectivity index (χ3n) is 6.02. The highest BCUT2D eigenvalue weighted by atomic mass is 35.5. The molecule has 0 spiro atoms. The summed E-state index contributed by atoms with van der Waals surface area (Å²) in [5, 5.41) is 35.8. The maximum absolute atomic E-state index is 13.9. The van der Waals surface area contributed by atoms with Gasteiger partial charge < -0.3 is 26.0 Å². The molecule has 0 aliphatic carbocycles. The molecule has 1 amide bonds. The number of hydrogen-bond donors (Lipinski definition) is 5. The molecule has 0 heterocycles. The van der Waals surface area contributed by atoms with Crippen LogP contribution in [0.4, 0.5) is 4.39 Å².